The summed E-state index contributed by atoms with van der Waals surface area (Å²) in [5.74, 6) is 1.31. The van der Waals surface area contributed by atoms with E-state index < -0.39 is 0 Å². The Balaban J connectivity index is 1.48. The van der Waals surface area contributed by atoms with Crippen LogP contribution >= 0.6 is 0 Å². The second-order valence-electron chi connectivity index (χ2n) is 10.8. The Hall–Kier alpha value is -4.70. The van der Waals surface area contributed by atoms with Crippen molar-refractivity contribution < 1.29 is 19.1 Å². The van der Waals surface area contributed by atoms with Gasteiger partial charge in [-0.05, 0) is 50.1 Å². The van der Waals surface area contributed by atoms with Gasteiger partial charge in [0.15, 0.2) is 5.69 Å². The first kappa shape index (κ1) is 30.7. The van der Waals surface area contributed by atoms with E-state index in [0.717, 1.165) is 41.2 Å². The second kappa shape index (κ2) is 14.2. The maximum absolute atomic E-state index is 14.2. The van der Waals surface area contributed by atoms with E-state index in [1.807, 2.05) is 90.4 Å². The van der Waals surface area contributed by atoms with Crippen molar-refractivity contribution in [3.63, 3.8) is 0 Å². The van der Waals surface area contributed by atoms with E-state index in [-0.39, 0.29) is 17.5 Å². The minimum atomic E-state index is -0.213. The monoisotopic (exact) mass is 596 g/mol. The van der Waals surface area contributed by atoms with E-state index in [4.69, 9.17) is 9.47 Å². The highest BCUT2D eigenvalue weighted by molar-refractivity contribution is 5.94. The highest BCUT2D eigenvalue weighted by Crippen LogP contribution is 2.26. The predicted octanol–water partition coefficient (Wildman–Crippen LogP) is 4.88. The van der Waals surface area contributed by atoms with Gasteiger partial charge in [-0.2, -0.15) is 0 Å². The van der Waals surface area contributed by atoms with Gasteiger partial charge >= 0.3 is 0 Å². The molecule has 1 aromatic heterocycles. The number of carbonyl (C=O) groups is 2. The largest absolute Gasteiger partial charge is 0.497 e. The van der Waals surface area contributed by atoms with Crippen molar-refractivity contribution in [2.75, 3.05) is 44.8 Å². The molecular formula is C34H40N6O4. The van der Waals surface area contributed by atoms with Crippen LogP contribution in [0.2, 0.25) is 0 Å². The summed E-state index contributed by atoms with van der Waals surface area (Å²) < 4.78 is 12.9. The normalized spacial score (nSPS) is 14.5. The van der Waals surface area contributed by atoms with Gasteiger partial charge in [0, 0.05) is 63.5 Å². The number of ether oxygens (including phenoxy) is 2. The van der Waals surface area contributed by atoms with Crippen LogP contribution in [0.4, 0.5) is 5.69 Å². The molecule has 0 unspecified atom stereocenters. The van der Waals surface area contributed by atoms with Gasteiger partial charge in [0.2, 0.25) is 5.91 Å². The number of benzene rings is 3. The zero-order valence-corrected chi connectivity index (χ0v) is 25.9. The molecule has 0 aliphatic carbocycles. The summed E-state index contributed by atoms with van der Waals surface area (Å²) >= 11 is 0. The van der Waals surface area contributed by atoms with Gasteiger partial charge in [-0.3, -0.25) is 14.5 Å². The molecule has 2 heterocycles. The molecule has 44 heavy (non-hydrogen) atoms. The fourth-order valence-corrected chi connectivity index (χ4v) is 5.63. The van der Waals surface area contributed by atoms with Crippen LogP contribution in [0.3, 0.4) is 0 Å². The number of nitrogens with zero attached hydrogens (tertiary/aromatic N) is 6. The minimum Gasteiger partial charge on any atom is -0.497 e. The fourth-order valence-electron chi connectivity index (χ4n) is 5.63. The number of hydrogen-bond acceptors (Lipinski definition) is 7. The van der Waals surface area contributed by atoms with E-state index in [1.165, 1.54) is 0 Å². The quantitative estimate of drug-likeness (QED) is 0.300. The van der Waals surface area contributed by atoms with Crippen LogP contribution in [0.25, 0.3) is 5.69 Å². The molecule has 1 aliphatic heterocycles. The summed E-state index contributed by atoms with van der Waals surface area (Å²) in [6, 6.07) is 23.4. The third-order valence-electron chi connectivity index (χ3n) is 7.91. The molecule has 0 atom stereocenters. The Morgan fingerprint density at radius 2 is 1.73 bits per heavy atom. The van der Waals surface area contributed by atoms with Crippen LogP contribution in [0.1, 0.15) is 47.6 Å². The summed E-state index contributed by atoms with van der Waals surface area (Å²) in [6.45, 7) is 9.43. The molecule has 2 amide bonds. The van der Waals surface area contributed by atoms with Crippen LogP contribution in [-0.2, 0) is 17.9 Å². The highest BCUT2D eigenvalue weighted by Gasteiger charge is 2.27. The molecule has 1 aliphatic rings. The van der Waals surface area contributed by atoms with Gasteiger partial charge in [0.25, 0.3) is 5.91 Å². The molecule has 0 N–H and O–H groups in total. The van der Waals surface area contributed by atoms with Gasteiger partial charge in [-0.25, -0.2) is 4.68 Å². The van der Waals surface area contributed by atoms with Gasteiger partial charge in [0.05, 0.1) is 25.1 Å². The summed E-state index contributed by atoms with van der Waals surface area (Å²) in [4.78, 5) is 33.0. The van der Waals surface area contributed by atoms with Crippen molar-refractivity contribution in [2.45, 2.75) is 40.3 Å². The topological polar surface area (TPSA) is 93.0 Å². The first-order valence-corrected chi connectivity index (χ1v) is 15.0. The maximum atomic E-state index is 14.2. The SMILES string of the molecule is CCOc1ccccc1CN1CCCN(C(C)=O)c2ccccc2CN(C(=O)c2nnn(-c3cccc(OC)c3)c2C)CC1. The number of carbonyl (C=O) groups excluding carboxylic acids is 2. The number of para-hydroxylation sites is 2. The lowest BCUT2D eigenvalue weighted by molar-refractivity contribution is -0.116. The lowest BCUT2D eigenvalue weighted by atomic mass is 10.1. The number of aromatic nitrogens is 3. The lowest BCUT2D eigenvalue weighted by Gasteiger charge is -2.28. The van der Waals surface area contributed by atoms with Gasteiger partial charge in [-0.15, -0.1) is 5.10 Å². The molecule has 0 fully saturated rings. The lowest BCUT2D eigenvalue weighted by Crippen LogP contribution is -2.39. The molecule has 0 bridgehead atoms. The standard InChI is InChI=1S/C34H40N6O4/c1-5-44-32-17-9-7-13-28(32)23-37-18-11-19-39(26(3)41)31-16-8-6-12-27(31)24-38(21-20-37)34(42)33-25(2)40(36-35-33)29-14-10-15-30(22-29)43-4/h6-10,12-17,22H,5,11,18-21,23-24H2,1-4H3. The highest BCUT2D eigenvalue weighted by atomic mass is 16.5. The van der Waals surface area contributed by atoms with Crippen molar-refractivity contribution in [2.24, 2.45) is 0 Å². The van der Waals surface area contributed by atoms with Crippen LogP contribution in [-0.4, -0.2) is 76.5 Å². The maximum Gasteiger partial charge on any atom is 0.276 e. The first-order valence-electron chi connectivity index (χ1n) is 15.0. The van der Waals surface area contributed by atoms with Crippen LogP contribution in [0, 0.1) is 6.92 Å². The molecule has 4 aromatic rings. The summed E-state index contributed by atoms with van der Waals surface area (Å²) in [6.07, 6.45) is 0.784. The predicted molar refractivity (Wildman–Crippen MR) is 169 cm³/mol. The number of fused-ring (bicyclic) bond motifs is 1. The van der Waals surface area contributed by atoms with Crippen LogP contribution < -0.4 is 14.4 Å². The molecule has 5 rings (SSSR count). The summed E-state index contributed by atoms with van der Waals surface area (Å²) in [7, 11) is 1.61. The first-order chi connectivity index (χ1) is 21.4. The molecule has 0 spiro atoms. The second-order valence-corrected chi connectivity index (χ2v) is 10.8. The third-order valence-corrected chi connectivity index (χ3v) is 7.91. The number of anilines is 1. The number of methoxy groups -OCH3 is 1. The van der Waals surface area contributed by atoms with Crippen molar-refractivity contribution in [1.82, 2.24) is 24.8 Å². The Bertz CT molecular complexity index is 1600. The third kappa shape index (κ3) is 6.92. The van der Waals surface area contributed by atoms with Gasteiger partial charge < -0.3 is 19.3 Å². The van der Waals surface area contributed by atoms with Gasteiger partial charge in [-0.1, -0.05) is 47.7 Å². The van der Waals surface area contributed by atoms with E-state index in [1.54, 1.807) is 18.7 Å². The van der Waals surface area contributed by atoms with Crippen molar-refractivity contribution >= 4 is 17.5 Å². The number of rotatable bonds is 7. The summed E-state index contributed by atoms with van der Waals surface area (Å²) in [5.41, 5.74) is 4.50. The van der Waals surface area contributed by atoms with E-state index in [2.05, 4.69) is 21.3 Å². The van der Waals surface area contributed by atoms with Crippen LogP contribution in [0.5, 0.6) is 11.5 Å². The molecule has 230 valence electrons. The van der Waals surface area contributed by atoms with Crippen LogP contribution in [0.15, 0.2) is 72.8 Å². The van der Waals surface area contributed by atoms with Crippen molar-refractivity contribution in [3.05, 3.63) is 95.3 Å². The number of hydrogen-bond donors (Lipinski definition) is 0. The molecule has 10 heteroatoms. The Labute approximate surface area is 258 Å². The Morgan fingerprint density at radius 3 is 2.52 bits per heavy atom. The van der Waals surface area contributed by atoms with Gasteiger partial charge in [0.1, 0.15) is 11.5 Å². The molecule has 0 saturated carbocycles. The van der Waals surface area contributed by atoms with E-state index in [0.29, 0.717) is 50.8 Å². The van der Waals surface area contributed by atoms with Crippen molar-refractivity contribution in [3.8, 4) is 17.2 Å². The average molecular weight is 597 g/mol. The minimum absolute atomic E-state index is 0.0279. The molecule has 0 radical (unpaired) electrons. The zero-order valence-electron chi connectivity index (χ0n) is 25.9. The Morgan fingerprint density at radius 1 is 0.932 bits per heavy atom. The molecule has 10 nitrogen and oxygen atoms in total. The molecule has 3 aromatic carbocycles. The zero-order chi connectivity index (χ0) is 31.1. The Kier molecular flexibility index (Phi) is 9.91. The smallest absolute Gasteiger partial charge is 0.276 e. The van der Waals surface area contributed by atoms with E-state index in [9.17, 15) is 9.59 Å². The average Bonchev–Trinajstić information content (AvgIpc) is 3.41. The molecule has 0 saturated heterocycles. The van der Waals surface area contributed by atoms with Crippen molar-refractivity contribution in [1.29, 1.82) is 0 Å². The molecular weight excluding hydrogens is 556 g/mol. The summed E-state index contributed by atoms with van der Waals surface area (Å²) in [5, 5.41) is 8.67. The fraction of sp³-hybridized carbons (Fsp3) is 0.353. The van der Waals surface area contributed by atoms with E-state index >= 15 is 0 Å². The number of amides is 2.